The fourth-order valence-corrected chi connectivity index (χ4v) is 1.61. The third-order valence-corrected chi connectivity index (χ3v) is 3.41. The molecular formula is C14H29F3O3S. The van der Waals surface area contributed by atoms with Crippen molar-refractivity contribution in [2.45, 2.75) is 84.6 Å². The SMILES string of the molecule is CCCCCCCCCC(C)(C)C.O=S(=O)(O)C(F)(F)F. The van der Waals surface area contributed by atoms with E-state index in [1.807, 2.05) is 0 Å². The van der Waals surface area contributed by atoms with Gasteiger partial charge in [0.1, 0.15) is 0 Å². The van der Waals surface area contributed by atoms with Crippen molar-refractivity contribution in [3.8, 4) is 0 Å². The van der Waals surface area contributed by atoms with Crippen molar-refractivity contribution in [2.75, 3.05) is 0 Å². The van der Waals surface area contributed by atoms with Gasteiger partial charge in [0.15, 0.2) is 0 Å². The summed E-state index contributed by atoms with van der Waals surface area (Å²) in [5.74, 6) is 0. The molecule has 130 valence electrons. The van der Waals surface area contributed by atoms with Crippen molar-refractivity contribution in [1.29, 1.82) is 0 Å². The van der Waals surface area contributed by atoms with Crippen LogP contribution in [-0.2, 0) is 10.1 Å². The Labute approximate surface area is 127 Å². The standard InChI is InChI=1S/C13H28.CHF3O3S/c1-5-6-7-8-9-10-11-12-13(2,3)4;2-1(3,4)8(5,6)7/h5-12H2,1-4H3;(H,5,6,7). The van der Waals surface area contributed by atoms with Gasteiger partial charge in [0.2, 0.25) is 0 Å². The summed E-state index contributed by atoms with van der Waals surface area (Å²) in [5.41, 5.74) is -4.99. The molecule has 0 unspecified atom stereocenters. The van der Waals surface area contributed by atoms with E-state index in [-0.39, 0.29) is 0 Å². The molecule has 1 N–H and O–H groups in total. The van der Waals surface area contributed by atoms with Gasteiger partial charge in [-0.15, -0.1) is 0 Å². The molecule has 0 heterocycles. The van der Waals surface area contributed by atoms with Crippen LogP contribution < -0.4 is 0 Å². The van der Waals surface area contributed by atoms with Crippen molar-refractivity contribution in [1.82, 2.24) is 0 Å². The van der Waals surface area contributed by atoms with Crippen LogP contribution in [0.1, 0.15) is 79.1 Å². The highest BCUT2D eigenvalue weighted by Crippen LogP contribution is 2.22. The van der Waals surface area contributed by atoms with Crippen molar-refractivity contribution in [2.24, 2.45) is 5.41 Å². The zero-order valence-corrected chi connectivity index (χ0v) is 14.3. The first-order chi connectivity index (χ1) is 9.31. The van der Waals surface area contributed by atoms with Crippen LogP contribution in [-0.4, -0.2) is 18.5 Å². The molecule has 0 aromatic rings. The molecule has 0 amide bonds. The van der Waals surface area contributed by atoms with Gasteiger partial charge in [-0.25, -0.2) is 0 Å². The normalized spacial score (nSPS) is 12.8. The molecule has 0 saturated heterocycles. The maximum atomic E-state index is 10.7. The summed E-state index contributed by atoms with van der Waals surface area (Å²) >= 11 is 0. The Hall–Kier alpha value is -0.300. The summed E-state index contributed by atoms with van der Waals surface area (Å²) < 4.78 is 57.5. The van der Waals surface area contributed by atoms with E-state index in [0.29, 0.717) is 5.41 Å². The average Bonchev–Trinajstić information content (AvgIpc) is 2.24. The third-order valence-electron chi connectivity index (χ3n) is 2.82. The Kier molecular flexibility index (Phi) is 11.4. The van der Waals surface area contributed by atoms with E-state index < -0.39 is 15.6 Å². The molecule has 0 fully saturated rings. The molecule has 0 rings (SSSR count). The van der Waals surface area contributed by atoms with E-state index in [9.17, 15) is 13.2 Å². The molecule has 3 nitrogen and oxygen atoms in total. The van der Waals surface area contributed by atoms with Crippen LogP contribution in [0.4, 0.5) is 13.2 Å². The van der Waals surface area contributed by atoms with E-state index in [1.54, 1.807) is 0 Å². The third kappa shape index (κ3) is 17.6. The van der Waals surface area contributed by atoms with Gasteiger partial charge in [-0.1, -0.05) is 72.6 Å². The van der Waals surface area contributed by atoms with E-state index in [4.69, 9.17) is 13.0 Å². The molecular weight excluding hydrogens is 305 g/mol. The van der Waals surface area contributed by atoms with Gasteiger partial charge < -0.3 is 0 Å². The molecule has 0 aliphatic carbocycles. The summed E-state index contributed by atoms with van der Waals surface area (Å²) in [4.78, 5) is 0. The van der Waals surface area contributed by atoms with Crippen LogP contribution in [0.3, 0.4) is 0 Å². The molecule has 7 heteroatoms. The lowest BCUT2D eigenvalue weighted by Gasteiger charge is -2.17. The van der Waals surface area contributed by atoms with Crippen LogP contribution in [0.2, 0.25) is 0 Å². The van der Waals surface area contributed by atoms with E-state index in [1.165, 1.54) is 51.4 Å². The lowest BCUT2D eigenvalue weighted by Crippen LogP contribution is -2.21. The van der Waals surface area contributed by atoms with Crippen molar-refractivity contribution in [3.63, 3.8) is 0 Å². The topological polar surface area (TPSA) is 54.4 Å². The maximum Gasteiger partial charge on any atom is 0.522 e. The van der Waals surface area contributed by atoms with Crippen molar-refractivity contribution in [3.05, 3.63) is 0 Å². The van der Waals surface area contributed by atoms with E-state index >= 15 is 0 Å². The minimum Gasteiger partial charge on any atom is -0.279 e. The molecule has 0 aliphatic rings. The van der Waals surface area contributed by atoms with Crippen LogP contribution >= 0.6 is 0 Å². The first-order valence-corrected chi connectivity index (χ1v) is 8.79. The second kappa shape index (κ2) is 10.4. The summed E-state index contributed by atoms with van der Waals surface area (Å²) in [6.45, 7) is 9.29. The molecule has 0 aromatic heterocycles. The molecule has 0 bridgehead atoms. The summed E-state index contributed by atoms with van der Waals surface area (Å²) in [6.07, 6.45) is 11.4. The number of halogens is 3. The molecule has 0 saturated carbocycles. The molecule has 0 aliphatic heterocycles. The fourth-order valence-electron chi connectivity index (χ4n) is 1.61. The van der Waals surface area contributed by atoms with Crippen molar-refractivity contribution < 1.29 is 26.1 Å². The fraction of sp³-hybridized carbons (Fsp3) is 1.00. The Morgan fingerprint density at radius 1 is 0.857 bits per heavy atom. The van der Waals surface area contributed by atoms with Gasteiger partial charge in [-0.05, 0) is 11.8 Å². The average molecular weight is 334 g/mol. The van der Waals surface area contributed by atoms with Crippen molar-refractivity contribution >= 4 is 10.1 Å². The first-order valence-electron chi connectivity index (χ1n) is 7.35. The summed E-state index contributed by atoms with van der Waals surface area (Å²) in [7, 11) is -5.84. The quantitative estimate of drug-likeness (QED) is 0.376. The van der Waals surface area contributed by atoms with Gasteiger partial charge in [-0.2, -0.15) is 21.6 Å². The largest absolute Gasteiger partial charge is 0.522 e. The minimum absolute atomic E-state index is 0.545. The van der Waals surface area contributed by atoms with Crippen LogP contribution in [0.25, 0.3) is 0 Å². The predicted octanol–water partition coefficient (Wildman–Crippen LogP) is 5.57. The van der Waals surface area contributed by atoms with Gasteiger partial charge >= 0.3 is 15.6 Å². The van der Waals surface area contributed by atoms with Crippen LogP contribution in [0.15, 0.2) is 0 Å². The summed E-state index contributed by atoms with van der Waals surface area (Å²) in [5, 5.41) is 0. The van der Waals surface area contributed by atoms with Gasteiger partial charge in [0.25, 0.3) is 0 Å². The number of unbranched alkanes of at least 4 members (excludes halogenated alkanes) is 6. The number of rotatable bonds is 7. The van der Waals surface area contributed by atoms with E-state index in [2.05, 4.69) is 27.7 Å². The molecule has 21 heavy (non-hydrogen) atoms. The highest BCUT2D eigenvalue weighted by atomic mass is 32.2. The smallest absolute Gasteiger partial charge is 0.279 e. The van der Waals surface area contributed by atoms with Crippen LogP contribution in [0, 0.1) is 5.41 Å². The lowest BCUT2D eigenvalue weighted by molar-refractivity contribution is -0.0510. The van der Waals surface area contributed by atoms with Crippen LogP contribution in [0.5, 0.6) is 0 Å². The Balaban J connectivity index is 0. The van der Waals surface area contributed by atoms with Gasteiger partial charge in [-0.3, -0.25) is 4.55 Å². The highest BCUT2D eigenvalue weighted by molar-refractivity contribution is 7.86. The highest BCUT2D eigenvalue weighted by Gasteiger charge is 2.44. The lowest BCUT2D eigenvalue weighted by atomic mass is 9.89. The maximum absolute atomic E-state index is 10.7. The monoisotopic (exact) mass is 334 g/mol. The van der Waals surface area contributed by atoms with Gasteiger partial charge in [0, 0.05) is 0 Å². The minimum atomic E-state index is -5.84. The molecule has 0 spiro atoms. The van der Waals surface area contributed by atoms with Gasteiger partial charge in [0.05, 0.1) is 0 Å². The zero-order chi connectivity index (χ0) is 17.2. The summed E-state index contributed by atoms with van der Waals surface area (Å²) in [6, 6.07) is 0. The number of hydrogen-bond acceptors (Lipinski definition) is 2. The first kappa shape index (κ1) is 23.0. The second-order valence-corrected chi connectivity index (χ2v) is 7.77. The predicted molar refractivity (Wildman–Crippen MR) is 79.7 cm³/mol. The number of hydrogen-bond donors (Lipinski definition) is 1. The number of alkyl halides is 3. The Morgan fingerprint density at radius 2 is 1.19 bits per heavy atom. The zero-order valence-electron chi connectivity index (χ0n) is 13.5. The molecule has 0 radical (unpaired) electrons. The second-order valence-electron chi connectivity index (χ2n) is 6.35. The Bertz CT molecular complexity index is 343. The molecule has 0 aromatic carbocycles. The Morgan fingerprint density at radius 3 is 1.48 bits per heavy atom. The van der Waals surface area contributed by atoms with E-state index in [0.717, 1.165) is 0 Å². The molecule has 0 atom stereocenters.